The van der Waals surface area contributed by atoms with E-state index in [0.717, 1.165) is 0 Å². The second-order valence-corrected chi connectivity index (χ2v) is 20.3. The van der Waals surface area contributed by atoms with Crippen LogP contribution in [0.3, 0.4) is 0 Å². The van der Waals surface area contributed by atoms with Crippen LogP contribution in [0.5, 0.6) is 0 Å². The molecule has 1 fully saturated rings. The number of thioether (sulfide) groups is 8. The van der Waals surface area contributed by atoms with Crippen LogP contribution in [0.4, 0.5) is 0 Å². The first-order valence-electron chi connectivity index (χ1n) is 13.3. The number of allylic oxidation sites excluding steroid dienone is 8. The van der Waals surface area contributed by atoms with Crippen LogP contribution in [0.25, 0.3) is 0 Å². The molecule has 11 aliphatic rings. The van der Waals surface area contributed by atoms with Crippen molar-refractivity contribution >= 4 is 94.1 Å². The lowest BCUT2D eigenvalue weighted by molar-refractivity contribution is 0.515. The molecule has 6 unspecified atom stereocenters. The van der Waals surface area contributed by atoms with Crippen molar-refractivity contribution in [2.24, 2.45) is 23.7 Å². The van der Waals surface area contributed by atoms with Crippen LogP contribution in [-0.2, 0) is 0 Å². The summed E-state index contributed by atoms with van der Waals surface area (Å²) in [6.45, 7) is 0. The fourth-order valence-corrected chi connectivity index (χ4v) is 18.8. The molecule has 0 spiro atoms. The SMILES string of the molecule is C1=CC2CCC1C1=C2Sc2cc3c(cc2S1)SC(=C1SC2=CC4SC5=C(SC4C=C2S1)C1C=CC5CC1)S3. The predicted molar refractivity (Wildman–Crippen MR) is 176 cm³/mol. The molecular weight excluding hydrogens is 617 g/mol. The van der Waals surface area contributed by atoms with Gasteiger partial charge < -0.3 is 0 Å². The van der Waals surface area contributed by atoms with E-state index in [4.69, 9.17) is 0 Å². The van der Waals surface area contributed by atoms with E-state index in [1.165, 1.54) is 63.5 Å². The van der Waals surface area contributed by atoms with Gasteiger partial charge in [-0.25, -0.2) is 0 Å². The van der Waals surface area contributed by atoms with Gasteiger partial charge in [0.25, 0.3) is 0 Å². The molecule has 190 valence electrons. The maximum Gasteiger partial charge on any atom is 0.0706 e. The van der Waals surface area contributed by atoms with Crippen LogP contribution >= 0.6 is 94.1 Å². The molecule has 4 bridgehead atoms. The third-order valence-corrected chi connectivity index (χ3v) is 20.4. The van der Waals surface area contributed by atoms with Gasteiger partial charge in [-0.2, -0.15) is 0 Å². The maximum absolute atomic E-state index is 2.61. The van der Waals surface area contributed by atoms with Gasteiger partial charge in [0.05, 0.1) is 8.47 Å². The fourth-order valence-electron chi connectivity index (χ4n) is 6.79. The van der Waals surface area contributed by atoms with Crippen molar-refractivity contribution < 1.29 is 0 Å². The molecule has 0 radical (unpaired) electrons. The van der Waals surface area contributed by atoms with E-state index in [1.54, 1.807) is 19.6 Å². The van der Waals surface area contributed by atoms with Crippen molar-refractivity contribution in [3.63, 3.8) is 0 Å². The predicted octanol–water partition coefficient (Wildman–Crippen LogP) is 11.3. The first-order chi connectivity index (χ1) is 18.7. The van der Waals surface area contributed by atoms with Crippen LogP contribution < -0.4 is 0 Å². The summed E-state index contributed by atoms with van der Waals surface area (Å²) in [6, 6.07) is 5.00. The molecule has 4 aliphatic heterocycles. The normalized spacial score (nSPS) is 37.1. The van der Waals surface area contributed by atoms with Crippen molar-refractivity contribution in [3.05, 3.63) is 86.5 Å². The number of hydrogen-bond donors (Lipinski definition) is 0. The first kappa shape index (κ1) is 23.7. The van der Waals surface area contributed by atoms with Gasteiger partial charge in [0.15, 0.2) is 0 Å². The summed E-state index contributed by atoms with van der Waals surface area (Å²) >= 11 is 16.6. The van der Waals surface area contributed by atoms with Gasteiger partial charge in [-0.05, 0) is 37.8 Å². The summed E-state index contributed by atoms with van der Waals surface area (Å²) in [5, 5.41) is 1.18. The van der Waals surface area contributed by atoms with E-state index >= 15 is 0 Å². The van der Waals surface area contributed by atoms with E-state index in [2.05, 4.69) is 95.6 Å². The summed E-state index contributed by atoms with van der Waals surface area (Å²) in [5.74, 6) is 2.72. The van der Waals surface area contributed by atoms with Crippen LogP contribution in [-0.4, -0.2) is 10.5 Å². The van der Waals surface area contributed by atoms with Crippen LogP contribution in [0.1, 0.15) is 25.7 Å². The zero-order valence-corrected chi connectivity index (χ0v) is 26.7. The molecule has 6 atom stereocenters. The van der Waals surface area contributed by atoms with E-state index in [0.29, 0.717) is 34.2 Å². The molecule has 1 saturated heterocycles. The Bertz CT molecular complexity index is 1460. The molecule has 7 aliphatic carbocycles. The number of fused-ring (bicyclic) bond motifs is 6. The van der Waals surface area contributed by atoms with Crippen molar-refractivity contribution in [3.8, 4) is 0 Å². The highest BCUT2D eigenvalue weighted by molar-refractivity contribution is 8.33. The minimum atomic E-state index is 0.591. The molecule has 4 heterocycles. The minimum Gasteiger partial charge on any atom is -0.120 e. The van der Waals surface area contributed by atoms with Crippen LogP contribution in [0.15, 0.2) is 106 Å². The molecule has 0 nitrogen and oxygen atoms in total. The number of rotatable bonds is 0. The van der Waals surface area contributed by atoms with Gasteiger partial charge in [0.2, 0.25) is 0 Å². The lowest BCUT2D eigenvalue weighted by atomic mass is 9.81. The highest BCUT2D eigenvalue weighted by Gasteiger charge is 2.43. The molecule has 0 aromatic heterocycles. The first-order valence-corrected chi connectivity index (χ1v) is 20.0. The number of benzene rings is 1. The van der Waals surface area contributed by atoms with Crippen LogP contribution in [0.2, 0.25) is 0 Å². The summed E-state index contributed by atoms with van der Waals surface area (Å²) in [5.41, 5.74) is 0. The third kappa shape index (κ3) is 3.56. The van der Waals surface area contributed by atoms with E-state index < -0.39 is 0 Å². The van der Waals surface area contributed by atoms with Crippen molar-refractivity contribution in [2.75, 3.05) is 0 Å². The highest BCUT2D eigenvalue weighted by atomic mass is 32.2. The van der Waals surface area contributed by atoms with Crippen molar-refractivity contribution in [1.29, 1.82) is 0 Å². The standard InChI is InChI=1S/C30H22S8/c1-2-14-4-3-13(1)25-26(14)32-18-10-22-21(9-17(18)31-25)35-29(36-22)30-37-23-11-19-20(12-24(23)38-30)34-28-16-6-5-15(7-8-16)27(28)33-19/h1-2,5-6,9-18H,3-4,7-8H2. The molecule has 1 aromatic rings. The Kier molecular flexibility index (Phi) is 5.53. The summed E-state index contributed by atoms with van der Waals surface area (Å²) in [6.07, 6.45) is 20.6. The summed E-state index contributed by atoms with van der Waals surface area (Å²) in [7, 11) is 0. The van der Waals surface area contributed by atoms with Gasteiger partial charge in [0.1, 0.15) is 0 Å². The molecule has 0 N–H and O–H groups in total. The smallest absolute Gasteiger partial charge is 0.0706 e. The van der Waals surface area contributed by atoms with E-state index in [-0.39, 0.29) is 0 Å². The van der Waals surface area contributed by atoms with Gasteiger partial charge in [0, 0.05) is 83.2 Å². The Hall–Kier alpha value is 0.200. The zero-order valence-electron chi connectivity index (χ0n) is 20.2. The van der Waals surface area contributed by atoms with E-state index in [9.17, 15) is 0 Å². The molecule has 8 heteroatoms. The second-order valence-electron chi connectivity index (χ2n) is 11.0. The average molecular weight is 639 g/mol. The van der Waals surface area contributed by atoms with Crippen LogP contribution in [0, 0.1) is 23.7 Å². The Morgan fingerprint density at radius 3 is 1.29 bits per heavy atom. The molecule has 0 saturated carbocycles. The summed E-state index contributed by atoms with van der Waals surface area (Å²) in [4.78, 5) is 15.6. The largest absolute Gasteiger partial charge is 0.120 e. The Morgan fingerprint density at radius 2 is 0.842 bits per heavy atom. The van der Waals surface area contributed by atoms with Gasteiger partial charge in [-0.15, -0.1) is 23.5 Å². The zero-order chi connectivity index (χ0) is 24.5. The Balaban J connectivity index is 0.920. The number of hydrogen-bond acceptors (Lipinski definition) is 8. The maximum atomic E-state index is 2.61. The molecule has 12 rings (SSSR count). The molecular formula is C30H22S8. The van der Waals surface area contributed by atoms with Crippen molar-refractivity contribution in [2.45, 2.75) is 55.8 Å². The molecule has 38 heavy (non-hydrogen) atoms. The topological polar surface area (TPSA) is 0 Å². The lowest BCUT2D eigenvalue weighted by Gasteiger charge is -2.42. The van der Waals surface area contributed by atoms with Crippen molar-refractivity contribution in [1.82, 2.24) is 0 Å². The average Bonchev–Trinajstić information content (AvgIpc) is 3.57. The second kappa shape index (κ2) is 8.85. The summed E-state index contributed by atoms with van der Waals surface area (Å²) < 4.78 is 2.99. The Morgan fingerprint density at radius 1 is 0.447 bits per heavy atom. The fraction of sp³-hybridized carbons (Fsp3) is 0.333. The molecule has 1 aromatic carbocycles. The minimum absolute atomic E-state index is 0.591. The monoisotopic (exact) mass is 638 g/mol. The third-order valence-electron chi connectivity index (χ3n) is 8.71. The van der Waals surface area contributed by atoms with E-state index in [1.807, 2.05) is 47.0 Å². The van der Waals surface area contributed by atoms with Gasteiger partial charge in [-0.1, -0.05) is 107 Å². The lowest BCUT2D eigenvalue weighted by Crippen LogP contribution is -2.30. The highest BCUT2D eigenvalue weighted by Crippen LogP contribution is 2.67. The van der Waals surface area contributed by atoms with Gasteiger partial charge >= 0.3 is 0 Å². The molecule has 0 amide bonds. The Labute approximate surface area is 257 Å². The van der Waals surface area contributed by atoms with Gasteiger partial charge in [-0.3, -0.25) is 0 Å². The quantitative estimate of drug-likeness (QED) is 0.254.